The van der Waals surface area contributed by atoms with Gasteiger partial charge in [0.15, 0.2) is 17.6 Å². The number of nitrogens with zero attached hydrogens (tertiary/aromatic N) is 4. The van der Waals surface area contributed by atoms with Crippen LogP contribution in [0.1, 0.15) is 44.6 Å². The maximum atomic E-state index is 15.7. The first-order valence-corrected chi connectivity index (χ1v) is 14.8. The van der Waals surface area contributed by atoms with Gasteiger partial charge in [0.2, 0.25) is 11.1 Å². The number of anilines is 2. The minimum atomic E-state index is -4.11. The standard InChI is InChI=1S/C25H31ClFN6O7P/c1-13(15(3)35)12-41(37,40-18-7-5-4-6-16(18)9-8-14(2)34)38-11-19-20(36)25(26,27)21(39-19)17-10-30-23-22(28)31-24(29)32-33(17)23/h4-7,10,13,19-21,36H,8-9,11-12H2,1-3H3,(H4,28,29,31,32)/t13-,19-,20?,21+,25-,41?/m1/s1. The van der Waals surface area contributed by atoms with Crippen LogP contribution in [-0.2, 0) is 29.8 Å². The minimum Gasteiger partial charge on any atom is -0.424 e. The van der Waals surface area contributed by atoms with E-state index in [0.29, 0.717) is 12.0 Å². The normalized spacial score (nSPS) is 24.7. The smallest absolute Gasteiger partial charge is 0.380 e. The lowest BCUT2D eigenvalue weighted by Gasteiger charge is -2.25. The molecule has 3 heterocycles. The van der Waals surface area contributed by atoms with E-state index >= 15 is 4.39 Å². The van der Waals surface area contributed by atoms with Crippen molar-refractivity contribution in [3.8, 4) is 5.75 Å². The van der Waals surface area contributed by atoms with Gasteiger partial charge in [0.1, 0.15) is 29.5 Å². The van der Waals surface area contributed by atoms with Crippen LogP contribution < -0.4 is 16.0 Å². The third-order valence-corrected chi connectivity index (χ3v) is 9.12. The zero-order chi connectivity index (χ0) is 30.1. The molecule has 1 aromatic carbocycles. The maximum absolute atomic E-state index is 15.7. The van der Waals surface area contributed by atoms with Crippen LogP contribution in [0.15, 0.2) is 30.5 Å². The highest BCUT2D eigenvalue weighted by atomic mass is 35.5. The number of aromatic nitrogens is 4. The highest BCUT2D eigenvalue weighted by Crippen LogP contribution is 2.53. The van der Waals surface area contributed by atoms with Crippen LogP contribution in [0.25, 0.3) is 5.65 Å². The van der Waals surface area contributed by atoms with Crippen LogP contribution in [0.4, 0.5) is 16.2 Å². The van der Waals surface area contributed by atoms with Gasteiger partial charge in [-0.25, -0.2) is 18.5 Å². The number of benzene rings is 1. The van der Waals surface area contributed by atoms with Gasteiger partial charge in [-0.2, -0.15) is 4.98 Å². The molecular weight excluding hydrogens is 582 g/mol. The quantitative estimate of drug-likeness (QED) is 0.200. The van der Waals surface area contributed by atoms with E-state index in [9.17, 15) is 19.3 Å². The van der Waals surface area contributed by atoms with Gasteiger partial charge in [-0.3, -0.25) is 9.32 Å². The van der Waals surface area contributed by atoms with Gasteiger partial charge in [0.25, 0.3) is 0 Å². The number of aliphatic hydroxyl groups excluding tert-OH is 1. The number of imidazole rings is 1. The molecule has 2 aromatic heterocycles. The number of para-hydroxylation sites is 1. The van der Waals surface area contributed by atoms with Crippen molar-refractivity contribution in [1.82, 2.24) is 19.6 Å². The summed E-state index contributed by atoms with van der Waals surface area (Å²) in [5.74, 6) is -1.08. The summed E-state index contributed by atoms with van der Waals surface area (Å²) in [6.45, 7) is 3.75. The molecular formula is C25H31ClFN6O7P. The molecule has 1 aliphatic heterocycles. The molecule has 3 aromatic rings. The van der Waals surface area contributed by atoms with Crippen LogP contribution in [0, 0.1) is 5.92 Å². The second-order valence-electron chi connectivity index (χ2n) is 9.95. The Morgan fingerprint density at radius 1 is 1.32 bits per heavy atom. The average Bonchev–Trinajstić information content (AvgIpc) is 3.40. The van der Waals surface area contributed by atoms with Crippen molar-refractivity contribution in [3.05, 3.63) is 41.7 Å². The van der Waals surface area contributed by atoms with Crippen LogP contribution in [-0.4, -0.2) is 66.4 Å². The number of alkyl halides is 2. The number of Topliss-reactive ketones (excluding diaryl/α,β-unsaturated/α-hetero) is 2. The Kier molecular flexibility index (Phi) is 9.00. The number of halogens is 2. The van der Waals surface area contributed by atoms with E-state index in [1.54, 1.807) is 31.2 Å². The molecule has 5 N–H and O–H groups in total. The van der Waals surface area contributed by atoms with Gasteiger partial charge in [-0.05, 0) is 31.9 Å². The molecule has 16 heteroatoms. The number of carbonyl (C=O) groups excluding carboxylic acids is 2. The molecule has 0 amide bonds. The average molecular weight is 613 g/mol. The van der Waals surface area contributed by atoms with E-state index in [4.69, 9.17) is 36.9 Å². The van der Waals surface area contributed by atoms with Crippen molar-refractivity contribution < 1.29 is 37.4 Å². The molecule has 0 aliphatic carbocycles. The lowest BCUT2D eigenvalue weighted by atomic mass is 10.1. The number of hydrogen-bond acceptors (Lipinski definition) is 12. The van der Waals surface area contributed by atoms with E-state index in [0.717, 1.165) is 4.52 Å². The Bertz CT molecular complexity index is 1500. The maximum Gasteiger partial charge on any atom is 0.380 e. The molecule has 0 radical (unpaired) electrons. The lowest BCUT2D eigenvalue weighted by molar-refractivity contribution is -0.120. The number of aliphatic hydroxyl groups is 1. The van der Waals surface area contributed by atoms with Gasteiger partial charge in [0.05, 0.1) is 24.7 Å². The van der Waals surface area contributed by atoms with Gasteiger partial charge >= 0.3 is 7.60 Å². The highest BCUT2D eigenvalue weighted by molar-refractivity contribution is 7.54. The molecule has 222 valence electrons. The number of ether oxygens (including phenoxy) is 1. The zero-order valence-electron chi connectivity index (χ0n) is 22.6. The second-order valence-corrected chi connectivity index (χ2v) is 12.6. The fraction of sp³-hybridized carbons (Fsp3) is 0.480. The summed E-state index contributed by atoms with van der Waals surface area (Å²) in [7, 11) is -4.11. The van der Waals surface area contributed by atoms with Crippen molar-refractivity contribution in [1.29, 1.82) is 0 Å². The summed E-state index contributed by atoms with van der Waals surface area (Å²) in [4.78, 5) is 31.4. The summed E-state index contributed by atoms with van der Waals surface area (Å²) >= 11 is 6.12. The molecule has 41 heavy (non-hydrogen) atoms. The molecule has 1 fully saturated rings. The van der Waals surface area contributed by atoms with E-state index in [-0.39, 0.29) is 53.0 Å². The summed E-state index contributed by atoms with van der Waals surface area (Å²) in [6, 6.07) is 6.68. The van der Waals surface area contributed by atoms with E-state index in [1.807, 2.05) is 0 Å². The first-order valence-electron chi connectivity index (χ1n) is 12.7. The first kappa shape index (κ1) is 30.8. The minimum absolute atomic E-state index is 0.0103. The van der Waals surface area contributed by atoms with Crippen molar-refractivity contribution >= 4 is 48.2 Å². The Morgan fingerprint density at radius 2 is 2.02 bits per heavy atom. The number of fused-ring (bicyclic) bond motifs is 1. The highest BCUT2D eigenvalue weighted by Gasteiger charge is 2.58. The number of ketones is 2. The van der Waals surface area contributed by atoms with Gasteiger partial charge in [-0.15, -0.1) is 5.10 Å². The van der Waals surface area contributed by atoms with Gasteiger partial charge in [-0.1, -0.05) is 36.7 Å². The predicted octanol–water partition coefficient (Wildman–Crippen LogP) is 3.03. The van der Waals surface area contributed by atoms with E-state index in [1.165, 1.54) is 20.0 Å². The van der Waals surface area contributed by atoms with Crippen LogP contribution in [0.5, 0.6) is 5.75 Å². The fourth-order valence-corrected chi connectivity index (χ4v) is 6.60. The SMILES string of the molecule is CC(=O)CCc1ccccc1OP(=O)(C[C@@H](C)C(C)=O)OC[C@H]1O[C@@H](c2cnc3c(N)nc(N)nn23)[C@@](F)(Cl)C1O. The molecule has 2 unspecified atom stereocenters. The Morgan fingerprint density at radius 3 is 2.71 bits per heavy atom. The molecule has 0 saturated carbocycles. The first-order chi connectivity index (χ1) is 19.2. The van der Waals surface area contributed by atoms with Crippen molar-refractivity contribution in [2.75, 3.05) is 24.2 Å². The lowest BCUT2D eigenvalue weighted by Crippen LogP contribution is -2.38. The monoisotopic (exact) mass is 612 g/mol. The van der Waals surface area contributed by atoms with Crippen LogP contribution >= 0.6 is 19.2 Å². The third kappa shape index (κ3) is 6.68. The number of hydrogen-bond donors (Lipinski definition) is 3. The number of aryl methyl sites for hydroxylation is 1. The molecule has 1 aliphatic rings. The Labute approximate surface area is 239 Å². The fourth-order valence-electron chi connectivity index (χ4n) is 4.28. The van der Waals surface area contributed by atoms with Crippen LogP contribution in [0.3, 0.4) is 0 Å². The second kappa shape index (κ2) is 12.0. The number of carbonyl (C=O) groups is 2. The molecule has 4 rings (SSSR count). The van der Waals surface area contributed by atoms with E-state index < -0.39 is 43.6 Å². The summed E-state index contributed by atoms with van der Waals surface area (Å²) in [5, 5.41) is 11.8. The zero-order valence-corrected chi connectivity index (χ0v) is 24.2. The van der Waals surface area contributed by atoms with Crippen LogP contribution in [0.2, 0.25) is 0 Å². The van der Waals surface area contributed by atoms with Crippen molar-refractivity contribution in [2.45, 2.75) is 57.1 Å². The molecule has 6 atom stereocenters. The summed E-state index contributed by atoms with van der Waals surface area (Å²) < 4.78 is 48.1. The number of rotatable bonds is 12. The Balaban J connectivity index is 1.58. The molecule has 1 saturated heterocycles. The third-order valence-electron chi connectivity index (χ3n) is 6.69. The Hall–Kier alpha value is -3.16. The van der Waals surface area contributed by atoms with Gasteiger partial charge in [0, 0.05) is 12.3 Å². The number of nitrogen functional groups attached to an aromatic ring is 2. The van der Waals surface area contributed by atoms with Crippen molar-refractivity contribution in [3.63, 3.8) is 0 Å². The van der Waals surface area contributed by atoms with Crippen molar-refractivity contribution in [2.24, 2.45) is 5.92 Å². The number of nitrogens with two attached hydrogens (primary N) is 2. The molecule has 0 bridgehead atoms. The molecule has 13 nitrogen and oxygen atoms in total. The predicted molar refractivity (Wildman–Crippen MR) is 147 cm³/mol. The summed E-state index contributed by atoms with van der Waals surface area (Å²) in [5.41, 5.74) is 12.1. The topological polar surface area (TPSA) is 194 Å². The van der Waals surface area contributed by atoms with Gasteiger partial charge < -0.3 is 30.6 Å². The largest absolute Gasteiger partial charge is 0.424 e. The van der Waals surface area contributed by atoms with E-state index in [2.05, 4.69) is 15.1 Å². The molecule has 0 spiro atoms. The summed E-state index contributed by atoms with van der Waals surface area (Å²) in [6.07, 6.45) is -3.51.